The van der Waals surface area contributed by atoms with Gasteiger partial charge < -0.3 is 0 Å². The molecular weight excluding hydrogens is 178 g/mol. The summed E-state index contributed by atoms with van der Waals surface area (Å²) in [6.07, 6.45) is 0. The van der Waals surface area contributed by atoms with E-state index < -0.39 is 5.41 Å². The maximum atomic E-state index is 11.6. The second-order valence-electron chi connectivity index (χ2n) is 5.94. The van der Waals surface area contributed by atoms with Gasteiger partial charge in [0, 0.05) is 0 Å². The van der Waals surface area contributed by atoms with Gasteiger partial charge >= 0.3 is 0 Å². The van der Waals surface area contributed by atoms with Crippen LogP contribution in [0.3, 0.4) is 0 Å². The molecule has 3 nitrogen and oxygen atoms in total. The molecule has 0 atom stereocenters. The Morgan fingerprint density at radius 1 is 1.00 bits per heavy atom. The van der Waals surface area contributed by atoms with Crippen LogP contribution in [0.4, 0.5) is 0 Å². The zero-order valence-corrected chi connectivity index (χ0v) is 10.4. The van der Waals surface area contributed by atoms with Crippen LogP contribution < -0.4 is 5.48 Å². The average Bonchev–Trinajstić information content (AvgIpc) is 2.00. The van der Waals surface area contributed by atoms with E-state index in [0.717, 1.165) is 0 Å². The van der Waals surface area contributed by atoms with E-state index in [9.17, 15) is 4.79 Å². The lowest BCUT2D eigenvalue weighted by Gasteiger charge is -2.49. The molecule has 0 saturated carbocycles. The SMILES string of the molecule is CC(C)(C)C(C)(C)C(C)(C)C(=O)NO. The molecule has 0 rings (SSSR count). The number of carbonyl (C=O) groups is 1. The van der Waals surface area contributed by atoms with E-state index >= 15 is 0 Å². The van der Waals surface area contributed by atoms with Crippen molar-refractivity contribution in [2.24, 2.45) is 16.2 Å². The summed E-state index contributed by atoms with van der Waals surface area (Å²) < 4.78 is 0. The average molecular weight is 201 g/mol. The summed E-state index contributed by atoms with van der Waals surface area (Å²) in [5, 5.41) is 8.70. The molecule has 0 unspecified atom stereocenters. The first kappa shape index (κ1) is 13.4. The highest BCUT2D eigenvalue weighted by Crippen LogP contribution is 2.50. The fourth-order valence-corrected chi connectivity index (χ4v) is 1.36. The fourth-order valence-electron chi connectivity index (χ4n) is 1.36. The van der Waals surface area contributed by atoms with Gasteiger partial charge in [0.2, 0.25) is 5.91 Å². The van der Waals surface area contributed by atoms with Crippen molar-refractivity contribution < 1.29 is 10.0 Å². The third-order valence-electron chi connectivity index (χ3n) is 4.11. The summed E-state index contributed by atoms with van der Waals surface area (Å²) in [6, 6.07) is 0. The second-order valence-corrected chi connectivity index (χ2v) is 5.94. The molecule has 0 saturated heterocycles. The van der Waals surface area contributed by atoms with Crippen molar-refractivity contribution >= 4 is 5.91 Å². The molecule has 0 fully saturated rings. The highest BCUT2D eigenvalue weighted by atomic mass is 16.5. The maximum absolute atomic E-state index is 11.6. The zero-order chi connectivity index (χ0) is 11.8. The van der Waals surface area contributed by atoms with Crippen molar-refractivity contribution in [3.63, 3.8) is 0 Å². The number of rotatable bonds is 2. The summed E-state index contributed by atoms with van der Waals surface area (Å²) in [7, 11) is 0. The maximum Gasteiger partial charge on any atom is 0.249 e. The van der Waals surface area contributed by atoms with Crippen LogP contribution in [0.25, 0.3) is 0 Å². The highest BCUT2D eigenvalue weighted by Gasteiger charge is 2.49. The lowest BCUT2D eigenvalue weighted by molar-refractivity contribution is -0.150. The molecule has 0 bridgehead atoms. The molecule has 0 aromatic heterocycles. The van der Waals surface area contributed by atoms with Gasteiger partial charge in [0.05, 0.1) is 5.41 Å². The fraction of sp³-hybridized carbons (Fsp3) is 0.909. The van der Waals surface area contributed by atoms with Gasteiger partial charge in [-0.15, -0.1) is 0 Å². The van der Waals surface area contributed by atoms with Crippen LogP contribution in [-0.4, -0.2) is 11.1 Å². The Kier molecular flexibility index (Phi) is 3.39. The molecule has 84 valence electrons. The van der Waals surface area contributed by atoms with Gasteiger partial charge in [0.25, 0.3) is 0 Å². The number of hydrogen-bond donors (Lipinski definition) is 2. The first-order valence-corrected chi connectivity index (χ1v) is 4.93. The van der Waals surface area contributed by atoms with Crippen LogP contribution in [-0.2, 0) is 4.79 Å². The Balaban J connectivity index is 5.18. The minimum absolute atomic E-state index is 0.0109. The summed E-state index contributed by atoms with van der Waals surface area (Å²) in [5.74, 6) is -0.336. The lowest BCUT2D eigenvalue weighted by atomic mass is 9.55. The van der Waals surface area contributed by atoms with Gasteiger partial charge in [-0.1, -0.05) is 48.5 Å². The van der Waals surface area contributed by atoms with E-state index in [4.69, 9.17) is 5.21 Å². The molecule has 0 heterocycles. The van der Waals surface area contributed by atoms with Crippen molar-refractivity contribution in [2.75, 3.05) is 0 Å². The summed E-state index contributed by atoms with van der Waals surface area (Å²) in [5.41, 5.74) is 0.907. The standard InChI is InChI=1S/C11H23NO2/c1-9(2,3)11(6,7)10(4,5)8(13)12-14/h14H,1-7H3,(H,12,13). The van der Waals surface area contributed by atoms with Crippen molar-refractivity contribution in [1.29, 1.82) is 0 Å². The summed E-state index contributed by atoms with van der Waals surface area (Å²) in [4.78, 5) is 11.6. The van der Waals surface area contributed by atoms with E-state index in [1.165, 1.54) is 0 Å². The predicted molar refractivity (Wildman–Crippen MR) is 56.9 cm³/mol. The van der Waals surface area contributed by atoms with E-state index in [1.54, 1.807) is 5.48 Å². The number of hydrogen-bond acceptors (Lipinski definition) is 2. The largest absolute Gasteiger partial charge is 0.289 e. The monoisotopic (exact) mass is 201 g/mol. The van der Waals surface area contributed by atoms with Crippen molar-refractivity contribution in [3.05, 3.63) is 0 Å². The molecule has 3 heteroatoms. The van der Waals surface area contributed by atoms with Gasteiger partial charge in [-0.25, -0.2) is 5.48 Å². The van der Waals surface area contributed by atoms with Crippen LogP contribution in [0.5, 0.6) is 0 Å². The number of nitrogens with one attached hydrogen (secondary N) is 1. The summed E-state index contributed by atoms with van der Waals surface area (Å²) in [6.45, 7) is 14.1. The lowest BCUT2D eigenvalue weighted by Crippen LogP contribution is -2.51. The Labute approximate surface area is 86.8 Å². The van der Waals surface area contributed by atoms with E-state index in [2.05, 4.69) is 20.8 Å². The molecule has 1 amide bonds. The van der Waals surface area contributed by atoms with Gasteiger partial charge in [-0.3, -0.25) is 10.0 Å². The number of hydroxylamine groups is 1. The first-order valence-electron chi connectivity index (χ1n) is 4.93. The van der Waals surface area contributed by atoms with Gasteiger partial charge in [-0.2, -0.15) is 0 Å². The molecule has 0 aromatic rings. The van der Waals surface area contributed by atoms with Crippen LogP contribution in [0, 0.1) is 16.2 Å². The topological polar surface area (TPSA) is 49.3 Å². The third kappa shape index (κ3) is 1.92. The smallest absolute Gasteiger partial charge is 0.249 e. The molecule has 14 heavy (non-hydrogen) atoms. The van der Waals surface area contributed by atoms with E-state index in [0.29, 0.717) is 0 Å². The Hall–Kier alpha value is -0.570. The normalized spacial score (nSPS) is 14.0. The first-order chi connectivity index (χ1) is 5.98. The molecule has 2 N–H and O–H groups in total. The second kappa shape index (κ2) is 3.54. The van der Waals surface area contributed by atoms with Gasteiger partial charge in [0.15, 0.2) is 0 Å². The number of amides is 1. The molecule has 0 aliphatic heterocycles. The van der Waals surface area contributed by atoms with Crippen molar-refractivity contribution in [3.8, 4) is 0 Å². The predicted octanol–water partition coefficient (Wildman–Crippen LogP) is 2.59. The summed E-state index contributed by atoms with van der Waals surface area (Å²) >= 11 is 0. The third-order valence-corrected chi connectivity index (χ3v) is 4.11. The van der Waals surface area contributed by atoms with Crippen molar-refractivity contribution in [1.82, 2.24) is 5.48 Å². The van der Waals surface area contributed by atoms with Crippen LogP contribution >= 0.6 is 0 Å². The van der Waals surface area contributed by atoms with Crippen LogP contribution in [0.1, 0.15) is 48.5 Å². The minimum Gasteiger partial charge on any atom is -0.289 e. The van der Waals surface area contributed by atoms with Gasteiger partial charge in [0.1, 0.15) is 0 Å². The Bertz CT molecular complexity index is 224. The number of carbonyl (C=O) groups excluding carboxylic acids is 1. The quantitative estimate of drug-likeness (QED) is 0.533. The molecule has 0 aliphatic carbocycles. The zero-order valence-electron chi connectivity index (χ0n) is 10.4. The Morgan fingerprint density at radius 2 is 1.36 bits per heavy atom. The highest BCUT2D eigenvalue weighted by molar-refractivity contribution is 5.81. The molecule has 0 radical (unpaired) electrons. The molecule has 0 aliphatic rings. The van der Waals surface area contributed by atoms with Crippen molar-refractivity contribution in [2.45, 2.75) is 48.5 Å². The van der Waals surface area contributed by atoms with Crippen LogP contribution in [0.15, 0.2) is 0 Å². The van der Waals surface area contributed by atoms with Gasteiger partial charge in [-0.05, 0) is 10.8 Å². The Morgan fingerprint density at radius 3 is 1.57 bits per heavy atom. The molecule has 0 spiro atoms. The van der Waals surface area contributed by atoms with E-state index in [-0.39, 0.29) is 16.7 Å². The van der Waals surface area contributed by atoms with E-state index in [1.807, 2.05) is 27.7 Å². The molecule has 0 aromatic carbocycles. The minimum atomic E-state index is -0.611. The van der Waals surface area contributed by atoms with Crippen LogP contribution in [0.2, 0.25) is 0 Å². The molecular formula is C11H23NO2.